The Morgan fingerprint density at radius 1 is 0.955 bits per heavy atom. The fraction of sp³-hybridized carbons (Fsp3) is 0.200. The third kappa shape index (κ3) is 4.32. The van der Waals surface area contributed by atoms with Crippen LogP contribution in [0.5, 0.6) is 17.2 Å². The molecule has 0 heterocycles. The monoisotopic (exact) mass is 324 g/mol. The summed E-state index contributed by atoms with van der Waals surface area (Å²) in [6.45, 7) is 1.43. The van der Waals surface area contributed by atoms with Crippen LogP contribution in [0.25, 0.3) is 0 Å². The predicted octanol–water partition coefficient (Wildman–Crippen LogP) is 2.65. The van der Waals surface area contributed by atoms with Gasteiger partial charge in [0.15, 0.2) is 6.79 Å². The molecule has 2 rings (SSSR count). The largest absolute Gasteiger partial charge is 0.468 e. The summed E-state index contributed by atoms with van der Waals surface area (Å²) in [6, 6.07) is 12.9. The Bertz CT molecular complexity index is 638. The Morgan fingerprint density at radius 3 is 1.95 bits per heavy atom. The first-order chi connectivity index (χ1) is 10.5. The van der Waals surface area contributed by atoms with Crippen molar-refractivity contribution in [1.29, 1.82) is 0 Å². The number of hydrogen-bond donors (Lipinski definition) is 2. The topological polar surface area (TPSA) is 85.2 Å². The fourth-order valence-electron chi connectivity index (χ4n) is 1.77. The number of benzene rings is 2. The van der Waals surface area contributed by atoms with Crippen molar-refractivity contribution >= 4 is 12.9 Å². The molecule has 1 atom stereocenters. The van der Waals surface area contributed by atoms with Gasteiger partial charge in [-0.05, 0) is 55.5 Å². The quantitative estimate of drug-likeness (QED) is 0.601. The molecule has 0 aliphatic heterocycles. The molecule has 0 spiro atoms. The Labute approximate surface area is 128 Å². The molecule has 7 heteroatoms. The first-order valence-corrected chi connectivity index (χ1v) is 8.22. The molecule has 2 N–H and O–H groups in total. The van der Waals surface area contributed by atoms with Gasteiger partial charge in [0.2, 0.25) is 0 Å². The van der Waals surface area contributed by atoms with Gasteiger partial charge in [-0.15, -0.1) is 0 Å². The molecule has 0 fully saturated rings. The smallest absolute Gasteiger partial charge is 0.358 e. The van der Waals surface area contributed by atoms with E-state index in [1.807, 2.05) is 0 Å². The normalized spacial score (nSPS) is 13.4. The minimum atomic E-state index is -3.76. The maximum atomic E-state index is 11.8. The number of hydrogen-bond acceptors (Lipinski definition) is 5. The van der Waals surface area contributed by atoms with E-state index < -0.39 is 7.60 Å². The van der Waals surface area contributed by atoms with Crippen LogP contribution in [0.1, 0.15) is 6.92 Å². The number of aliphatic hydroxyl groups is 1. The van der Waals surface area contributed by atoms with Crippen molar-refractivity contribution in [2.75, 3.05) is 13.4 Å². The van der Waals surface area contributed by atoms with Crippen LogP contribution in [0.3, 0.4) is 0 Å². The zero-order valence-corrected chi connectivity index (χ0v) is 12.9. The lowest BCUT2D eigenvalue weighted by molar-refractivity contribution is 0.0985. The van der Waals surface area contributed by atoms with Crippen LogP contribution in [-0.4, -0.2) is 23.4 Å². The third-order valence-corrected chi connectivity index (χ3v) is 4.32. The van der Waals surface area contributed by atoms with Gasteiger partial charge in [-0.1, -0.05) is 0 Å². The molecule has 22 heavy (non-hydrogen) atoms. The van der Waals surface area contributed by atoms with E-state index in [1.165, 1.54) is 12.1 Å². The Balaban J connectivity index is 2.06. The van der Waals surface area contributed by atoms with Gasteiger partial charge in [-0.25, -0.2) is 0 Å². The molecular weight excluding hydrogens is 307 g/mol. The average Bonchev–Trinajstić information content (AvgIpc) is 2.50. The SMILES string of the molecule is CCOP(=O)(O)c1ccc(Oc2ccc(OCO)cc2)cc1. The molecule has 118 valence electrons. The van der Waals surface area contributed by atoms with Crippen LogP contribution in [0, 0.1) is 0 Å². The van der Waals surface area contributed by atoms with E-state index in [2.05, 4.69) is 0 Å². The fourth-order valence-corrected chi connectivity index (χ4v) is 2.79. The van der Waals surface area contributed by atoms with Gasteiger partial charge in [0, 0.05) is 0 Å². The summed E-state index contributed by atoms with van der Waals surface area (Å²) in [5, 5.41) is 8.86. The minimum Gasteiger partial charge on any atom is -0.468 e. The standard InChI is InChI=1S/C15H17O6P/c1-2-20-22(17,18)15-9-7-14(8-10-15)21-13-5-3-12(4-6-13)19-11-16/h3-10,16H,2,11H2,1H3,(H,17,18). The molecule has 0 saturated carbocycles. The highest BCUT2D eigenvalue weighted by molar-refractivity contribution is 7.61. The van der Waals surface area contributed by atoms with Gasteiger partial charge in [0.1, 0.15) is 17.2 Å². The number of ether oxygens (including phenoxy) is 2. The van der Waals surface area contributed by atoms with E-state index in [0.29, 0.717) is 17.2 Å². The van der Waals surface area contributed by atoms with Crippen molar-refractivity contribution in [2.24, 2.45) is 0 Å². The zero-order chi connectivity index (χ0) is 16.0. The summed E-state index contributed by atoms with van der Waals surface area (Å²) >= 11 is 0. The van der Waals surface area contributed by atoms with Crippen molar-refractivity contribution in [2.45, 2.75) is 6.92 Å². The lowest BCUT2D eigenvalue weighted by Gasteiger charge is -2.12. The third-order valence-electron chi connectivity index (χ3n) is 2.76. The van der Waals surface area contributed by atoms with Gasteiger partial charge in [-0.2, -0.15) is 0 Å². The van der Waals surface area contributed by atoms with Crippen LogP contribution in [0.15, 0.2) is 48.5 Å². The van der Waals surface area contributed by atoms with Crippen LogP contribution in [0.4, 0.5) is 0 Å². The Kier molecular flexibility index (Phi) is 5.57. The van der Waals surface area contributed by atoms with Crippen molar-refractivity contribution in [3.63, 3.8) is 0 Å². The van der Waals surface area contributed by atoms with E-state index >= 15 is 0 Å². The minimum absolute atomic E-state index is 0.161. The van der Waals surface area contributed by atoms with E-state index in [9.17, 15) is 9.46 Å². The highest BCUT2D eigenvalue weighted by Gasteiger charge is 2.21. The Hall–Kier alpha value is -1.85. The van der Waals surface area contributed by atoms with Gasteiger partial charge in [-0.3, -0.25) is 4.57 Å². The molecular formula is C15H17O6P. The zero-order valence-electron chi connectivity index (χ0n) is 12.0. The number of rotatable bonds is 7. The van der Waals surface area contributed by atoms with Gasteiger partial charge in [0.25, 0.3) is 0 Å². The van der Waals surface area contributed by atoms with Crippen molar-refractivity contribution in [3.05, 3.63) is 48.5 Å². The lowest BCUT2D eigenvalue weighted by atomic mass is 10.3. The predicted molar refractivity (Wildman–Crippen MR) is 81.8 cm³/mol. The summed E-state index contributed by atoms with van der Waals surface area (Å²) in [5.41, 5.74) is 0. The number of aliphatic hydroxyl groups excluding tert-OH is 1. The molecule has 2 aromatic rings. The van der Waals surface area contributed by atoms with E-state index in [0.717, 1.165) is 0 Å². The van der Waals surface area contributed by atoms with E-state index in [-0.39, 0.29) is 18.7 Å². The molecule has 1 unspecified atom stereocenters. The maximum absolute atomic E-state index is 11.8. The average molecular weight is 324 g/mol. The molecule has 0 aliphatic rings. The molecule has 0 aliphatic carbocycles. The van der Waals surface area contributed by atoms with Gasteiger partial charge < -0.3 is 24.0 Å². The second-order valence-electron chi connectivity index (χ2n) is 4.28. The summed E-state index contributed by atoms with van der Waals surface area (Å²) in [5.74, 6) is 1.63. The van der Waals surface area contributed by atoms with Crippen molar-refractivity contribution in [1.82, 2.24) is 0 Å². The van der Waals surface area contributed by atoms with Gasteiger partial charge in [0.05, 0.1) is 11.9 Å². The second kappa shape index (κ2) is 7.42. The van der Waals surface area contributed by atoms with E-state index in [1.54, 1.807) is 43.3 Å². The lowest BCUT2D eigenvalue weighted by Crippen LogP contribution is -2.06. The van der Waals surface area contributed by atoms with Crippen molar-refractivity contribution in [3.8, 4) is 17.2 Å². The van der Waals surface area contributed by atoms with Gasteiger partial charge >= 0.3 is 7.60 Å². The van der Waals surface area contributed by atoms with E-state index in [4.69, 9.17) is 19.1 Å². The summed E-state index contributed by atoms with van der Waals surface area (Å²) in [7, 11) is -3.76. The first-order valence-electron chi connectivity index (χ1n) is 6.64. The summed E-state index contributed by atoms with van der Waals surface area (Å²) in [6.07, 6.45) is 0. The summed E-state index contributed by atoms with van der Waals surface area (Å²) in [4.78, 5) is 9.71. The molecule has 0 radical (unpaired) electrons. The van der Waals surface area contributed by atoms with Crippen LogP contribution < -0.4 is 14.8 Å². The molecule has 0 saturated heterocycles. The van der Waals surface area contributed by atoms with Crippen LogP contribution >= 0.6 is 7.60 Å². The highest BCUT2D eigenvalue weighted by atomic mass is 31.2. The molecule has 0 aromatic heterocycles. The highest BCUT2D eigenvalue weighted by Crippen LogP contribution is 2.40. The second-order valence-corrected chi connectivity index (χ2v) is 6.09. The molecule has 6 nitrogen and oxygen atoms in total. The van der Waals surface area contributed by atoms with Crippen molar-refractivity contribution < 1.29 is 28.6 Å². The Morgan fingerprint density at radius 2 is 1.45 bits per heavy atom. The molecule has 0 amide bonds. The molecule has 2 aromatic carbocycles. The summed E-state index contributed by atoms with van der Waals surface area (Å²) < 4.78 is 27.2. The first kappa shape index (κ1) is 16.5. The maximum Gasteiger partial charge on any atom is 0.358 e. The van der Waals surface area contributed by atoms with Crippen LogP contribution in [-0.2, 0) is 9.09 Å². The molecule has 0 bridgehead atoms. The van der Waals surface area contributed by atoms with Crippen LogP contribution in [0.2, 0.25) is 0 Å².